The first-order valence-electron chi connectivity index (χ1n) is 26.4. The van der Waals surface area contributed by atoms with Crippen molar-refractivity contribution in [2.45, 2.75) is 238 Å². The van der Waals surface area contributed by atoms with Crippen LogP contribution in [0.4, 0.5) is 0 Å². The molecular weight excluding hydrogens is 834 g/mol. The summed E-state index contributed by atoms with van der Waals surface area (Å²) in [4.78, 5) is 35.1. The van der Waals surface area contributed by atoms with Gasteiger partial charge >= 0.3 is 19.8 Å². The van der Waals surface area contributed by atoms with Gasteiger partial charge in [0.2, 0.25) is 0 Å². The molecule has 3 N–H and O–H groups in total. The Morgan fingerprint density at radius 1 is 0.477 bits per heavy atom. The van der Waals surface area contributed by atoms with Crippen LogP contribution in [-0.4, -0.2) is 49.3 Å². The van der Waals surface area contributed by atoms with Crippen molar-refractivity contribution in [2.24, 2.45) is 5.73 Å². The van der Waals surface area contributed by atoms with Crippen LogP contribution in [-0.2, 0) is 32.7 Å². The summed E-state index contributed by atoms with van der Waals surface area (Å²) < 4.78 is 33.0. The highest BCUT2D eigenvalue weighted by molar-refractivity contribution is 7.47. The first-order chi connectivity index (χ1) is 31.8. The lowest BCUT2D eigenvalue weighted by Gasteiger charge is -2.19. The Balaban J connectivity index is 4.08. The second-order valence-corrected chi connectivity index (χ2v) is 18.8. The fourth-order valence-corrected chi connectivity index (χ4v) is 7.99. The van der Waals surface area contributed by atoms with Crippen LogP contribution in [0, 0.1) is 0 Å². The zero-order valence-corrected chi connectivity index (χ0v) is 42.6. The Morgan fingerprint density at radius 3 is 1.26 bits per heavy atom. The minimum atomic E-state index is -4.39. The van der Waals surface area contributed by atoms with Gasteiger partial charge in [0.05, 0.1) is 13.2 Å². The van der Waals surface area contributed by atoms with E-state index < -0.39 is 26.5 Å². The number of unbranched alkanes of at least 4 members (excludes halogenated alkanes) is 24. The molecule has 10 heteroatoms. The van der Waals surface area contributed by atoms with Crippen LogP contribution in [0.15, 0.2) is 72.9 Å². The van der Waals surface area contributed by atoms with E-state index in [1.54, 1.807) is 0 Å². The fraction of sp³-hybridized carbons (Fsp3) is 0.745. The summed E-state index contributed by atoms with van der Waals surface area (Å²) in [5.41, 5.74) is 5.37. The molecule has 0 aliphatic heterocycles. The largest absolute Gasteiger partial charge is 0.472 e. The summed E-state index contributed by atoms with van der Waals surface area (Å²) >= 11 is 0. The molecule has 0 spiro atoms. The second kappa shape index (κ2) is 50.9. The number of rotatable bonds is 49. The molecular formula is C55H98NO8P. The smallest absolute Gasteiger partial charge is 0.462 e. The number of allylic oxidation sites excluding steroid dienone is 12. The van der Waals surface area contributed by atoms with Gasteiger partial charge in [0.1, 0.15) is 6.61 Å². The number of esters is 2. The Hall–Kier alpha value is -2.55. The van der Waals surface area contributed by atoms with Gasteiger partial charge in [0, 0.05) is 19.4 Å². The van der Waals surface area contributed by atoms with E-state index in [-0.39, 0.29) is 38.6 Å². The molecule has 0 saturated heterocycles. The Morgan fingerprint density at radius 2 is 0.846 bits per heavy atom. The zero-order valence-electron chi connectivity index (χ0n) is 41.7. The van der Waals surface area contributed by atoms with Crippen molar-refractivity contribution < 1.29 is 37.6 Å². The van der Waals surface area contributed by atoms with Gasteiger partial charge in [-0.25, -0.2) is 4.57 Å². The molecule has 9 nitrogen and oxygen atoms in total. The first-order valence-corrected chi connectivity index (χ1v) is 27.9. The average molecular weight is 932 g/mol. The second-order valence-electron chi connectivity index (χ2n) is 17.4. The van der Waals surface area contributed by atoms with Crippen LogP contribution < -0.4 is 5.73 Å². The molecule has 0 aromatic heterocycles. The fourth-order valence-electron chi connectivity index (χ4n) is 7.23. The summed E-state index contributed by atoms with van der Waals surface area (Å²) in [6.07, 6.45) is 63.7. The predicted molar refractivity (Wildman–Crippen MR) is 275 cm³/mol. The standard InChI is InChI=1S/C55H98NO8P/c1-3-5-7-9-11-13-15-17-19-21-23-24-25-26-27-28-30-32-34-36-38-40-42-44-46-48-55(58)64-53(52-63-65(59,60)62-50-49-56)51-61-54(57)47-45-43-41-39-37-35-33-31-29-22-20-18-16-14-12-10-8-6-4-2/h5,7,11,13,17,19,23-24,26-27,30,32,53H,3-4,6,8-10,12,14-16,18,20-22,25,28-29,31,33-52,56H2,1-2H3,(H,59,60)/b7-5-,13-11-,19-17-,24-23-,27-26-,32-30-. The lowest BCUT2D eigenvalue weighted by Crippen LogP contribution is -2.29. The van der Waals surface area contributed by atoms with Crippen LogP contribution in [0.5, 0.6) is 0 Å². The van der Waals surface area contributed by atoms with Gasteiger partial charge in [-0.2, -0.15) is 0 Å². The Labute approximate surface area is 399 Å². The van der Waals surface area contributed by atoms with Crippen LogP contribution in [0.3, 0.4) is 0 Å². The van der Waals surface area contributed by atoms with Crippen LogP contribution in [0.1, 0.15) is 232 Å². The summed E-state index contributed by atoms with van der Waals surface area (Å²) in [7, 11) is -4.39. The van der Waals surface area contributed by atoms with Crippen molar-refractivity contribution in [1.82, 2.24) is 0 Å². The quantitative estimate of drug-likeness (QED) is 0.0265. The molecule has 2 atom stereocenters. The van der Waals surface area contributed by atoms with Gasteiger partial charge in [0.15, 0.2) is 6.10 Å². The minimum absolute atomic E-state index is 0.0485. The topological polar surface area (TPSA) is 134 Å². The number of phosphoric acid groups is 1. The molecule has 0 aromatic rings. The van der Waals surface area contributed by atoms with Crippen LogP contribution in [0.25, 0.3) is 0 Å². The molecule has 0 fully saturated rings. The number of carbonyl (C=O) groups excluding carboxylic acids is 2. The Kier molecular flexibility index (Phi) is 48.9. The molecule has 0 radical (unpaired) electrons. The summed E-state index contributed by atoms with van der Waals surface area (Å²) in [5.74, 6) is -0.841. The summed E-state index contributed by atoms with van der Waals surface area (Å²) in [6.45, 7) is 3.63. The van der Waals surface area contributed by atoms with E-state index in [9.17, 15) is 19.0 Å². The van der Waals surface area contributed by atoms with Gasteiger partial charge in [-0.1, -0.05) is 228 Å². The molecule has 0 rings (SSSR count). The number of ether oxygens (including phenoxy) is 2. The normalized spacial score (nSPS) is 13.7. The van der Waals surface area contributed by atoms with E-state index in [4.69, 9.17) is 24.3 Å². The zero-order chi connectivity index (χ0) is 47.4. The molecule has 0 aliphatic rings. The maximum Gasteiger partial charge on any atom is 0.472 e. The highest BCUT2D eigenvalue weighted by Crippen LogP contribution is 2.43. The van der Waals surface area contributed by atoms with Gasteiger partial charge in [-0.15, -0.1) is 0 Å². The number of hydrogen-bond donors (Lipinski definition) is 2. The van der Waals surface area contributed by atoms with Gasteiger partial charge in [-0.05, 0) is 64.2 Å². The lowest BCUT2D eigenvalue weighted by molar-refractivity contribution is -0.161. The van der Waals surface area contributed by atoms with Gasteiger partial charge < -0.3 is 20.1 Å². The third kappa shape index (κ3) is 50.7. The SMILES string of the molecule is CC/C=C\C/C=C\C/C=C\C/C=C\C/C=C\C/C=C\CCCCCCCCC(=O)OC(COC(=O)CCCCCCCCCCCCCCCCCCCCC)COP(=O)(O)OCCN. The highest BCUT2D eigenvalue weighted by atomic mass is 31.2. The van der Waals surface area contributed by atoms with Crippen molar-refractivity contribution in [3.05, 3.63) is 72.9 Å². The molecule has 376 valence electrons. The van der Waals surface area contributed by atoms with Crippen molar-refractivity contribution in [3.63, 3.8) is 0 Å². The molecule has 0 aliphatic carbocycles. The van der Waals surface area contributed by atoms with Crippen molar-refractivity contribution in [3.8, 4) is 0 Å². The number of nitrogens with two attached hydrogens (primary N) is 1. The Bertz CT molecular complexity index is 1290. The monoisotopic (exact) mass is 932 g/mol. The molecule has 65 heavy (non-hydrogen) atoms. The van der Waals surface area contributed by atoms with Crippen LogP contribution >= 0.6 is 7.82 Å². The number of phosphoric ester groups is 1. The van der Waals surface area contributed by atoms with Crippen molar-refractivity contribution in [2.75, 3.05) is 26.4 Å². The van der Waals surface area contributed by atoms with E-state index in [2.05, 4.69) is 86.8 Å². The molecule has 0 amide bonds. The third-order valence-corrected chi connectivity index (χ3v) is 12.1. The molecule has 0 bridgehead atoms. The van der Waals surface area contributed by atoms with Crippen molar-refractivity contribution in [1.29, 1.82) is 0 Å². The summed E-state index contributed by atoms with van der Waals surface area (Å²) in [6, 6.07) is 0. The van der Waals surface area contributed by atoms with E-state index in [1.165, 1.54) is 103 Å². The van der Waals surface area contributed by atoms with Crippen molar-refractivity contribution >= 4 is 19.8 Å². The van der Waals surface area contributed by atoms with E-state index in [1.807, 2.05) is 0 Å². The number of carbonyl (C=O) groups is 2. The average Bonchev–Trinajstić information content (AvgIpc) is 3.30. The molecule has 0 saturated carbocycles. The third-order valence-electron chi connectivity index (χ3n) is 11.1. The van der Waals surface area contributed by atoms with E-state index in [0.717, 1.165) is 96.3 Å². The number of hydrogen-bond acceptors (Lipinski definition) is 8. The minimum Gasteiger partial charge on any atom is -0.462 e. The maximum atomic E-state index is 12.7. The van der Waals surface area contributed by atoms with Crippen LogP contribution in [0.2, 0.25) is 0 Å². The molecule has 0 heterocycles. The van der Waals surface area contributed by atoms with Gasteiger partial charge in [-0.3, -0.25) is 18.6 Å². The molecule has 0 aromatic carbocycles. The van der Waals surface area contributed by atoms with E-state index in [0.29, 0.717) is 6.42 Å². The predicted octanol–water partition coefficient (Wildman–Crippen LogP) is 16.2. The van der Waals surface area contributed by atoms with E-state index >= 15 is 0 Å². The molecule has 2 unspecified atom stereocenters. The van der Waals surface area contributed by atoms with Gasteiger partial charge in [0.25, 0.3) is 0 Å². The maximum absolute atomic E-state index is 12.7. The highest BCUT2D eigenvalue weighted by Gasteiger charge is 2.26. The first kappa shape index (κ1) is 62.4. The summed E-state index contributed by atoms with van der Waals surface area (Å²) in [5, 5.41) is 0. The lowest BCUT2D eigenvalue weighted by atomic mass is 10.0.